The minimum atomic E-state index is -4.96. The molecule has 0 saturated heterocycles. The number of amides is 1. The van der Waals surface area contributed by atoms with Crippen LogP contribution in [-0.4, -0.2) is 76.8 Å². The normalized spacial score (nSPS) is 15.0. The maximum absolute atomic E-state index is 13.0. The molecule has 1 aromatic carbocycles. The average molecular weight is 424 g/mol. The van der Waals surface area contributed by atoms with Crippen molar-refractivity contribution in [2.24, 2.45) is 0 Å². The minimum Gasteiger partial charge on any atom is -0.383 e. The highest BCUT2D eigenvalue weighted by Gasteiger charge is 2.43. The van der Waals surface area contributed by atoms with Crippen molar-refractivity contribution in [1.29, 1.82) is 0 Å². The van der Waals surface area contributed by atoms with Crippen molar-refractivity contribution in [1.82, 2.24) is 9.21 Å². The lowest BCUT2D eigenvalue weighted by Crippen LogP contribution is -2.43. The molecule has 1 aliphatic rings. The lowest BCUT2D eigenvalue weighted by Gasteiger charge is -2.30. The zero-order chi connectivity index (χ0) is 20.9. The number of hydrogen-bond donors (Lipinski definition) is 0. The van der Waals surface area contributed by atoms with Crippen LogP contribution in [-0.2, 0) is 37.3 Å². The number of carbonyl (C=O) groups excluding carboxylic acids is 1. The van der Waals surface area contributed by atoms with Crippen LogP contribution in [0.25, 0.3) is 0 Å². The zero-order valence-electron chi connectivity index (χ0n) is 15.7. The molecule has 0 unspecified atom stereocenters. The number of nitrogens with zero attached hydrogens (tertiary/aromatic N) is 2. The summed E-state index contributed by atoms with van der Waals surface area (Å²) in [5.41, 5.74) is 1.12. The quantitative estimate of drug-likeness (QED) is 0.631. The fraction of sp³-hybridized carbons (Fsp3) is 0.588. The van der Waals surface area contributed by atoms with Gasteiger partial charge in [-0.3, -0.25) is 4.79 Å². The predicted molar refractivity (Wildman–Crippen MR) is 94.1 cm³/mol. The summed E-state index contributed by atoms with van der Waals surface area (Å²) in [5.74, 6) is -1.92. The van der Waals surface area contributed by atoms with Crippen molar-refractivity contribution in [3.05, 3.63) is 29.3 Å². The number of rotatable bonds is 8. The second kappa shape index (κ2) is 9.21. The molecule has 0 atom stereocenters. The third-order valence-corrected chi connectivity index (χ3v) is 6.34. The summed E-state index contributed by atoms with van der Waals surface area (Å²) in [5, 5.41) is 0. The molecule has 1 heterocycles. The largest absolute Gasteiger partial charge is 0.471 e. The van der Waals surface area contributed by atoms with E-state index in [-0.39, 0.29) is 50.7 Å². The first-order chi connectivity index (χ1) is 13.1. The molecular formula is C17H23F3N2O5S. The maximum Gasteiger partial charge on any atom is 0.471 e. The summed E-state index contributed by atoms with van der Waals surface area (Å²) in [6.07, 6.45) is -4.73. The Morgan fingerprint density at radius 1 is 1.14 bits per heavy atom. The summed E-state index contributed by atoms with van der Waals surface area (Å²) >= 11 is 0. The number of ether oxygens (including phenoxy) is 2. The molecule has 0 aliphatic carbocycles. The van der Waals surface area contributed by atoms with Gasteiger partial charge >= 0.3 is 12.1 Å². The Morgan fingerprint density at radius 2 is 1.75 bits per heavy atom. The van der Waals surface area contributed by atoms with Gasteiger partial charge in [0.2, 0.25) is 10.0 Å². The van der Waals surface area contributed by atoms with Crippen molar-refractivity contribution in [3.63, 3.8) is 0 Å². The van der Waals surface area contributed by atoms with Crippen LogP contribution in [0.2, 0.25) is 0 Å². The van der Waals surface area contributed by atoms with E-state index in [1.165, 1.54) is 30.7 Å². The lowest BCUT2D eigenvalue weighted by molar-refractivity contribution is -0.186. The molecule has 2 rings (SSSR count). The summed E-state index contributed by atoms with van der Waals surface area (Å²) < 4.78 is 75.1. The Labute approximate surface area is 162 Å². The van der Waals surface area contributed by atoms with Crippen LogP contribution in [0.3, 0.4) is 0 Å². The fourth-order valence-electron chi connectivity index (χ4n) is 2.93. The van der Waals surface area contributed by atoms with Crippen LogP contribution in [0.1, 0.15) is 11.1 Å². The fourth-order valence-corrected chi connectivity index (χ4v) is 4.39. The van der Waals surface area contributed by atoms with E-state index >= 15 is 0 Å². The van der Waals surface area contributed by atoms with Crippen molar-refractivity contribution >= 4 is 15.9 Å². The summed E-state index contributed by atoms with van der Waals surface area (Å²) in [6.45, 7) is 0.234. The van der Waals surface area contributed by atoms with E-state index < -0.39 is 22.1 Å². The van der Waals surface area contributed by atoms with Crippen LogP contribution >= 0.6 is 0 Å². The summed E-state index contributed by atoms with van der Waals surface area (Å²) in [4.78, 5) is 12.1. The van der Waals surface area contributed by atoms with Crippen LogP contribution in [0.15, 0.2) is 23.1 Å². The number of fused-ring (bicyclic) bond motifs is 1. The molecule has 28 heavy (non-hydrogen) atoms. The van der Waals surface area contributed by atoms with Crippen molar-refractivity contribution in [2.75, 3.05) is 47.1 Å². The summed E-state index contributed by atoms with van der Waals surface area (Å²) in [7, 11) is -0.996. The minimum absolute atomic E-state index is 0.0419. The van der Waals surface area contributed by atoms with Gasteiger partial charge in [-0.15, -0.1) is 0 Å². The Kier molecular flexibility index (Phi) is 7.43. The van der Waals surface area contributed by atoms with E-state index in [9.17, 15) is 26.4 Å². The lowest BCUT2D eigenvalue weighted by atomic mass is 10.00. The number of methoxy groups -OCH3 is 2. The second-order valence-corrected chi connectivity index (χ2v) is 8.23. The molecule has 158 valence electrons. The first kappa shape index (κ1) is 22.6. The van der Waals surface area contributed by atoms with Crippen molar-refractivity contribution in [3.8, 4) is 0 Å². The highest BCUT2D eigenvalue weighted by molar-refractivity contribution is 7.89. The molecule has 7 nitrogen and oxygen atoms in total. The first-order valence-corrected chi connectivity index (χ1v) is 10.0. The van der Waals surface area contributed by atoms with Gasteiger partial charge in [0.15, 0.2) is 0 Å². The molecule has 11 heteroatoms. The van der Waals surface area contributed by atoms with Gasteiger partial charge in [-0.25, -0.2) is 8.42 Å². The maximum atomic E-state index is 13.0. The molecule has 0 fully saturated rings. The standard InChI is InChI=1S/C17H23F3N2O5S/c1-26-9-7-22(8-10-27-2)28(24,25)15-4-3-13-5-6-21(12-14(13)11-15)16(23)17(18,19)20/h3-4,11H,5-10,12H2,1-2H3. The topological polar surface area (TPSA) is 76.2 Å². The van der Waals surface area contributed by atoms with E-state index in [4.69, 9.17) is 9.47 Å². The molecular weight excluding hydrogens is 401 g/mol. The zero-order valence-corrected chi connectivity index (χ0v) is 16.5. The van der Waals surface area contributed by atoms with Gasteiger partial charge in [0, 0.05) is 40.4 Å². The highest BCUT2D eigenvalue weighted by Crippen LogP contribution is 2.27. The number of carbonyl (C=O) groups is 1. The van der Waals surface area contributed by atoms with Crippen molar-refractivity contribution in [2.45, 2.75) is 24.0 Å². The molecule has 0 N–H and O–H groups in total. The molecule has 1 amide bonds. The van der Waals surface area contributed by atoms with E-state index in [0.717, 1.165) is 5.56 Å². The molecule has 1 aromatic rings. The number of halogens is 3. The second-order valence-electron chi connectivity index (χ2n) is 6.29. The average Bonchev–Trinajstić information content (AvgIpc) is 2.65. The van der Waals surface area contributed by atoms with Crippen LogP contribution in [0.5, 0.6) is 0 Å². The predicted octanol–water partition coefficient (Wildman–Crippen LogP) is 1.42. The van der Waals surface area contributed by atoms with E-state index in [1.807, 2.05) is 0 Å². The van der Waals surface area contributed by atoms with Crippen molar-refractivity contribution < 1.29 is 35.9 Å². The number of benzene rings is 1. The number of alkyl halides is 3. The third-order valence-electron chi connectivity index (χ3n) is 4.45. The number of hydrogen-bond acceptors (Lipinski definition) is 5. The smallest absolute Gasteiger partial charge is 0.383 e. The molecule has 0 spiro atoms. The SMILES string of the molecule is COCCN(CCOC)S(=O)(=O)c1ccc2c(c1)CN(C(=O)C(F)(F)F)CC2. The molecule has 0 aromatic heterocycles. The van der Waals surface area contributed by atoms with E-state index in [1.54, 1.807) is 6.07 Å². The van der Waals surface area contributed by atoms with E-state index in [2.05, 4.69) is 0 Å². The summed E-state index contributed by atoms with van der Waals surface area (Å²) in [6, 6.07) is 4.36. The third kappa shape index (κ3) is 5.22. The highest BCUT2D eigenvalue weighted by atomic mass is 32.2. The van der Waals surface area contributed by atoms with Gasteiger partial charge in [-0.05, 0) is 29.7 Å². The van der Waals surface area contributed by atoms with Gasteiger partial charge in [-0.2, -0.15) is 17.5 Å². The Hall–Kier alpha value is -1.69. The number of sulfonamides is 1. The Morgan fingerprint density at radius 3 is 2.29 bits per heavy atom. The van der Waals surface area contributed by atoms with E-state index in [0.29, 0.717) is 10.5 Å². The Balaban J connectivity index is 2.29. The molecule has 0 bridgehead atoms. The van der Waals surface area contributed by atoms with Crippen LogP contribution in [0.4, 0.5) is 13.2 Å². The first-order valence-electron chi connectivity index (χ1n) is 8.57. The van der Waals surface area contributed by atoms with Gasteiger partial charge in [0.25, 0.3) is 0 Å². The van der Waals surface area contributed by atoms with Crippen LogP contribution in [0, 0.1) is 0 Å². The van der Waals surface area contributed by atoms with Gasteiger partial charge in [-0.1, -0.05) is 6.07 Å². The van der Waals surface area contributed by atoms with Gasteiger partial charge in [0.1, 0.15) is 0 Å². The molecule has 0 radical (unpaired) electrons. The molecule has 0 saturated carbocycles. The molecule has 1 aliphatic heterocycles. The van der Waals surface area contributed by atoms with Gasteiger partial charge < -0.3 is 14.4 Å². The van der Waals surface area contributed by atoms with Crippen LogP contribution < -0.4 is 0 Å². The van der Waals surface area contributed by atoms with Gasteiger partial charge in [0.05, 0.1) is 18.1 Å². The monoisotopic (exact) mass is 424 g/mol. The Bertz CT molecular complexity index is 790.